The lowest BCUT2D eigenvalue weighted by Gasteiger charge is -2.26. The van der Waals surface area contributed by atoms with Gasteiger partial charge in [-0.05, 0) is 70.4 Å². The summed E-state index contributed by atoms with van der Waals surface area (Å²) in [4.78, 5) is 0. The van der Waals surface area contributed by atoms with E-state index in [1.54, 1.807) is 0 Å². The van der Waals surface area contributed by atoms with E-state index in [9.17, 15) is 0 Å². The molecular weight excluding hydrogens is 460 g/mol. The largest absolute Gasteiger partial charge is 0.481 e. The van der Waals surface area contributed by atoms with E-state index in [-0.39, 0.29) is 18.6 Å². The van der Waals surface area contributed by atoms with Gasteiger partial charge in [-0.25, -0.2) is 0 Å². The Balaban J connectivity index is 1.36. The second kappa shape index (κ2) is 11.0. The van der Waals surface area contributed by atoms with E-state index in [2.05, 4.69) is 61.8 Å². The first-order chi connectivity index (χ1) is 18.1. The molecule has 0 saturated carbocycles. The first kappa shape index (κ1) is 24.2. The molecule has 0 unspecified atom stereocenters. The Hall–Kier alpha value is -4.54. The minimum Gasteiger partial charge on any atom is -0.481 e. The summed E-state index contributed by atoms with van der Waals surface area (Å²) in [6, 6.07) is 28.3. The zero-order valence-electron chi connectivity index (χ0n) is 21.0. The van der Waals surface area contributed by atoms with Crippen LogP contribution in [0.4, 0.5) is 0 Å². The second-order valence-corrected chi connectivity index (χ2v) is 9.21. The Morgan fingerprint density at radius 1 is 0.459 bits per heavy atom. The molecule has 7 bridgehead atoms. The van der Waals surface area contributed by atoms with Crippen LogP contribution in [0, 0.1) is 23.7 Å². The molecular formula is C33H28O4. The Kier molecular flexibility index (Phi) is 7.20. The number of benzene rings is 4. The first-order valence-corrected chi connectivity index (χ1v) is 12.3. The van der Waals surface area contributed by atoms with Crippen molar-refractivity contribution < 1.29 is 18.9 Å². The van der Waals surface area contributed by atoms with Crippen LogP contribution in [0.3, 0.4) is 0 Å². The van der Waals surface area contributed by atoms with Gasteiger partial charge in [0.15, 0.2) is 0 Å². The maximum atomic E-state index is 5.82. The van der Waals surface area contributed by atoms with Gasteiger partial charge in [-0.15, -0.1) is 0 Å². The Labute approximate surface area is 218 Å². The molecule has 0 radical (unpaired) electrons. The maximum Gasteiger partial charge on any atom is 0.149 e. The summed E-state index contributed by atoms with van der Waals surface area (Å²) in [6.45, 7) is 5.59. The smallest absolute Gasteiger partial charge is 0.149 e. The monoisotopic (exact) mass is 488 g/mol. The van der Waals surface area contributed by atoms with Crippen LogP contribution in [0.5, 0.6) is 23.0 Å². The predicted octanol–water partition coefficient (Wildman–Crippen LogP) is 6.40. The van der Waals surface area contributed by atoms with Crippen LogP contribution in [0.1, 0.15) is 25.0 Å². The van der Waals surface area contributed by atoms with E-state index in [1.165, 1.54) is 11.1 Å². The molecule has 0 amide bonds. The molecule has 0 saturated heterocycles. The van der Waals surface area contributed by atoms with E-state index >= 15 is 0 Å². The molecule has 0 atom stereocenters. The van der Waals surface area contributed by atoms with Gasteiger partial charge in [0.1, 0.15) is 49.4 Å². The van der Waals surface area contributed by atoms with E-state index in [1.807, 2.05) is 60.7 Å². The van der Waals surface area contributed by atoms with Crippen LogP contribution < -0.4 is 18.9 Å². The summed E-state index contributed by atoms with van der Waals surface area (Å²) in [5.74, 6) is 15.2. The Morgan fingerprint density at radius 2 is 0.811 bits per heavy atom. The van der Waals surface area contributed by atoms with Crippen LogP contribution in [-0.4, -0.2) is 26.4 Å². The number of ether oxygens (including phenoxy) is 4. The lowest BCUT2D eigenvalue weighted by atomic mass is 9.78. The molecule has 4 heteroatoms. The normalized spacial score (nSPS) is 14.9. The van der Waals surface area contributed by atoms with Gasteiger partial charge in [0, 0.05) is 5.41 Å². The topological polar surface area (TPSA) is 36.9 Å². The number of hydrogen-bond acceptors (Lipinski definition) is 4. The van der Waals surface area contributed by atoms with Gasteiger partial charge >= 0.3 is 0 Å². The van der Waals surface area contributed by atoms with E-state index in [0.717, 1.165) is 33.8 Å². The van der Waals surface area contributed by atoms with E-state index < -0.39 is 0 Å². The third kappa shape index (κ3) is 6.00. The lowest BCUT2D eigenvalue weighted by Crippen LogP contribution is -2.18. The summed E-state index contributed by atoms with van der Waals surface area (Å²) in [5, 5.41) is 2.13. The van der Waals surface area contributed by atoms with Gasteiger partial charge in [0.05, 0.1) is 0 Å². The van der Waals surface area contributed by atoms with Crippen molar-refractivity contribution in [2.24, 2.45) is 0 Å². The number of rotatable bonds is 0. The Morgan fingerprint density at radius 3 is 1.22 bits per heavy atom. The third-order valence-corrected chi connectivity index (χ3v) is 6.43. The average molecular weight is 489 g/mol. The van der Waals surface area contributed by atoms with Gasteiger partial charge in [-0.2, -0.15) is 0 Å². The van der Waals surface area contributed by atoms with Crippen molar-refractivity contribution in [3.63, 3.8) is 0 Å². The minimum atomic E-state index is -0.170. The fourth-order valence-corrected chi connectivity index (χ4v) is 4.17. The van der Waals surface area contributed by atoms with Crippen molar-refractivity contribution in [2.45, 2.75) is 19.3 Å². The van der Waals surface area contributed by atoms with E-state index in [4.69, 9.17) is 18.9 Å². The molecule has 3 heterocycles. The van der Waals surface area contributed by atoms with Gasteiger partial charge < -0.3 is 18.9 Å². The van der Waals surface area contributed by atoms with Gasteiger partial charge in [0.2, 0.25) is 0 Å². The number of hydrogen-bond donors (Lipinski definition) is 0. The molecule has 184 valence electrons. The van der Waals surface area contributed by atoms with Crippen LogP contribution in [0.25, 0.3) is 10.8 Å². The standard InChI is InChI=1S/C33H28O4/c1-33(2)27-9-15-29(16-10-27)34-19-3-5-21-36-31-13-7-25-8-14-32(24-26(25)23-31)37-22-6-4-20-35-30-17-11-28(33)12-18-30/h7-18,23-24H,19-22H2,1-2H3. The van der Waals surface area contributed by atoms with Crippen molar-refractivity contribution >= 4 is 10.8 Å². The molecule has 0 N–H and O–H groups in total. The summed E-state index contributed by atoms with van der Waals surface area (Å²) in [5.41, 5.74) is 2.22. The molecule has 3 aliphatic heterocycles. The lowest BCUT2D eigenvalue weighted by molar-refractivity contribution is 0.361. The van der Waals surface area contributed by atoms with Crippen molar-refractivity contribution in [2.75, 3.05) is 26.4 Å². The van der Waals surface area contributed by atoms with E-state index in [0.29, 0.717) is 13.2 Å². The molecule has 37 heavy (non-hydrogen) atoms. The molecule has 4 aromatic carbocycles. The third-order valence-electron chi connectivity index (χ3n) is 6.43. The predicted molar refractivity (Wildman–Crippen MR) is 146 cm³/mol. The molecule has 0 aromatic heterocycles. The molecule has 7 rings (SSSR count). The zero-order valence-corrected chi connectivity index (χ0v) is 21.0. The maximum absolute atomic E-state index is 5.82. The van der Waals surface area contributed by atoms with Crippen molar-refractivity contribution in [1.82, 2.24) is 0 Å². The van der Waals surface area contributed by atoms with Gasteiger partial charge in [0.25, 0.3) is 0 Å². The fourth-order valence-electron chi connectivity index (χ4n) is 4.17. The molecule has 3 aliphatic rings. The van der Waals surface area contributed by atoms with Crippen molar-refractivity contribution in [3.8, 4) is 46.7 Å². The molecule has 0 fully saturated rings. The summed E-state index contributed by atoms with van der Waals surface area (Å²) in [7, 11) is 0. The highest BCUT2D eigenvalue weighted by atomic mass is 16.5. The highest BCUT2D eigenvalue weighted by Crippen LogP contribution is 2.33. The number of fused-ring (bicyclic) bond motifs is 2. The van der Waals surface area contributed by atoms with Crippen molar-refractivity contribution in [3.05, 3.63) is 96.1 Å². The molecule has 0 spiro atoms. The molecule has 4 nitrogen and oxygen atoms in total. The highest BCUT2D eigenvalue weighted by Gasteiger charge is 2.23. The quantitative estimate of drug-likeness (QED) is 0.268. The van der Waals surface area contributed by atoms with Gasteiger partial charge in [-0.3, -0.25) is 0 Å². The van der Waals surface area contributed by atoms with Crippen molar-refractivity contribution in [1.29, 1.82) is 0 Å². The van der Waals surface area contributed by atoms with Gasteiger partial charge in [-0.1, -0.05) is 73.9 Å². The minimum absolute atomic E-state index is 0.170. The average Bonchev–Trinajstić information content (AvgIpc) is 2.92. The fraction of sp³-hybridized carbons (Fsp3) is 0.212. The van der Waals surface area contributed by atoms with Crippen LogP contribution >= 0.6 is 0 Å². The van der Waals surface area contributed by atoms with Crippen LogP contribution in [-0.2, 0) is 5.41 Å². The van der Waals surface area contributed by atoms with Crippen LogP contribution in [0.15, 0.2) is 84.9 Å². The summed E-state index contributed by atoms with van der Waals surface area (Å²) >= 11 is 0. The summed E-state index contributed by atoms with van der Waals surface area (Å²) in [6.07, 6.45) is 0. The molecule has 4 aromatic rings. The molecule has 0 aliphatic carbocycles. The highest BCUT2D eigenvalue weighted by molar-refractivity contribution is 5.85. The SMILES string of the molecule is CC1(C)c2ccc(cc2)OCC#CCOc2ccc3ccc(cc3c2)OCC#CCOc2ccc1cc2. The second-order valence-electron chi connectivity index (χ2n) is 9.21. The Bertz CT molecular complexity index is 1380. The van der Waals surface area contributed by atoms with Crippen LogP contribution in [0.2, 0.25) is 0 Å². The first-order valence-electron chi connectivity index (χ1n) is 12.3. The zero-order chi connectivity index (χ0) is 25.5. The summed E-state index contributed by atoms with van der Waals surface area (Å²) < 4.78 is 23.2.